The molecule has 0 aromatic heterocycles. The van der Waals surface area contributed by atoms with Crippen molar-refractivity contribution in [3.63, 3.8) is 0 Å². The van der Waals surface area contributed by atoms with Crippen LogP contribution in [0.15, 0.2) is 0 Å². The molecule has 0 saturated heterocycles. The second kappa shape index (κ2) is 10.2. The van der Waals surface area contributed by atoms with E-state index in [9.17, 15) is 4.79 Å². The predicted octanol–water partition coefficient (Wildman–Crippen LogP) is 5.46. The Balaban J connectivity index is 3.58. The molecule has 0 bridgehead atoms. The maximum atomic E-state index is 11.5. The third-order valence-electron chi connectivity index (χ3n) is 3.39. The SMILES string of the molecule is CC(C)CC(C)(C)COOOC(=O)CCCCCC(C)(C)C. The molecule has 0 spiro atoms. The summed E-state index contributed by atoms with van der Waals surface area (Å²) in [5.74, 6) is 0.228. The first kappa shape index (κ1) is 21.4. The zero-order valence-corrected chi connectivity index (χ0v) is 15.7. The van der Waals surface area contributed by atoms with Gasteiger partial charge in [-0.25, -0.2) is 4.79 Å². The van der Waals surface area contributed by atoms with Gasteiger partial charge in [0.05, 0.1) is 6.61 Å². The van der Waals surface area contributed by atoms with E-state index in [1.807, 2.05) is 0 Å². The Morgan fingerprint density at radius 1 is 1.00 bits per heavy atom. The molecule has 0 rings (SSSR count). The normalized spacial score (nSPS) is 12.7. The summed E-state index contributed by atoms with van der Waals surface area (Å²) in [6.45, 7) is 15.6. The zero-order chi connectivity index (χ0) is 17.2. The Morgan fingerprint density at radius 2 is 1.64 bits per heavy atom. The average Bonchev–Trinajstić information content (AvgIpc) is 2.31. The zero-order valence-electron chi connectivity index (χ0n) is 15.7. The Kier molecular flexibility index (Phi) is 9.94. The number of carbonyl (C=O) groups excluding carboxylic acids is 1. The van der Waals surface area contributed by atoms with Gasteiger partial charge >= 0.3 is 5.97 Å². The predicted molar refractivity (Wildman–Crippen MR) is 88.9 cm³/mol. The van der Waals surface area contributed by atoms with Crippen LogP contribution in [0.4, 0.5) is 0 Å². The molecule has 0 radical (unpaired) electrons. The highest BCUT2D eigenvalue weighted by Gasteiger charge is 2.21. The van der Waals surface area contributed by atoms with Gasteiger partial charge in [-0.05, 0) is 41.0 Å². The number of rotatable bonds is 11. The van der Waals surface area contributed by atoms with Crippen molar-refractivity contribution in [3.05, 3.63) is 0 Å². The highest BCUT2D eigenvalue weighted by Crippen LogP contribution is 2.25. The lowest BCUT2D eigenvalue weighted by atomic mass is 9.85. The van der Waals surface area contributed by atoms with Crippen molar-refractivity contribution in [1.82, 2.24) is 0 Å². The molecule has 132 valence electrons. The molecule has 0 saturated carbocycles. The molecule has 0 fully saturated rings. The van der Waals surface area contributed by atoms with Gasteiger partial charge in [-0.1, -0.05) is 61.3 Å². The fraction of sp³-hybridized carbons (Fsp3) is 0.944. The van der Waals surface area contributed by atoms with Crippen LogP contribution in [0.5, 0.6) is 0 Å². The van der Waals surface area contributed by atoms with Crippen LogP contribution in [0.25, 0.3) is 0 Å². The molecule has 0 unspecified atom stereocenters. The van der Waals surface area contributed by atoms with E-state index in [1.54, 1.807) is 0 Å². The second-order valence-electron chi connectivity index (χ2n) is 8.67. The van der Waals surface area contributed by atoms with Crippen molar-refractivity contribution in [1.29, 1.82) is 0 Å². The van der Waals surface area contributed by atoms with E-state index in [2.05, 4.69) is 58.4 Å². The number of unbranched alkanes of at least 4 members (excludes halogenated alkanes) is 2. The van der Waals surface area contributed by atoms with Gasteiger partial charge in [-0.3, -0.25) is 4.89 Å². The van der Waals surface area contributed by atoms with E-state index in [4.69, 9.17) is 4.89 Å². The Bertz CT molecular complexity index is 303. The maximum Gasteiger partial charge on any atom is 0.345 e. The molecule has 0 aromatic carbocycles. The van der Waals surface area contributed by atoms with E-state index in [1.165, 1.54) is 6.42 Å². The molecule has 4 nitrogen and oxygen atoms in total. The minimum absolute atomic E-state index is 0.00747. The average molecular weight is 316 g/mol. The van der Waals surface area contributed by atoms with Crippen molar-refractivity contribution in [2.24, 2.45) is 16.7 Å². The van der Waals surface area contributed by atoms with Gasteiger partial charge < -0.3 is 0 Å². The highest BCUT2D eigenvalue weighted by atomic mass is 17.5. The minimum atomic E-state index is -0.363. The van der Waals surface area contributed by atoms with Gasteiger partial charge in [0.25, 0.3) is 0 Å². The van der Waals surface area contributed by atoms with Gasteiger partial charge in [0.1, 0.15) is 0 Å². The van der Waals surface area contributed by atoms with Crippen molar-refractivity contribution in [2.75, 3.05) is 6.61 Å². The van der Waals surface area contributed by atoms with Crippen molar-refractivity contribution < 1.29 is 19.6 Å². The van der Waals surface area contributed by atoms with Gasteiger partial charge in [0.15, 0.2) is 0 Å². The standard InChI is InChI=1S/C18H36O4/c1-15(2)13-18(6,7)14-20-22-21-16(19)11-9-8-10-12-17(3,4)5/h15H,8-14H2,1-7H3. The number of hydrogen-bond donors (Lipinski definition) is 0. The van der Waals surface area contributed by atoms with E-state index in [-0.39, 0.29) is 11.4 Å². The Morgan fingerprint density at radius 3 is 2.18 bits per heavy atom. The van der Waals surface area contributed by atoms with Crippen LogP contribution in [-0.4, -0.2) is 12.6 Å². The monoisotopic (exact) mass is 316 g/mol. The van der Waals surface area contributed by atoms with Crippen molar-refractivity contribution in [2.45, 2.75) is 87.0 Å². The van der Waals surface area contributed by atoms with Crippen LogP contribution in [0.1, 0.15) is 87.0 Å². The fourth-order valence-electron chi connectivity index (χ4n) is 2.55. The number of carbonyl (C=O) groups is 1. The molecule has 0 amide bonds. The van der Waals surface area contributed by atoms with Crippen LogP contribution < -0.4 is 0 Å². The molecule has 0 heterocycles. The largest absolute Gasteiger partial charge is 0.345 e. The molecule has 4 heteroatoms. The Hall–Kier alpha value is -0.610. The van der Waals surface area contributed by atoms with Crippen LogP contribution in [0.3, 0.4) is 0 Å². The highest BCUT2D eigenvalue weighted by molar-refractivity contribution is 5.68. The summed E-state index contributed by atoms with van der Waals surface area (Å²) in [5, 5.41) is 4.57. The summed E-state index contributed by atoms with van der Waals surface area (Å²) in [6.07, 6.45) is 5.58. The summed E-state index contributed by atoms with van der Waals surface area (Å²) >= 11 is 0. The van der Waals surface area contributed by atoms with Crippen molar-refractivity contribution in [3.8, 4) is 0 Å². The van der Waals surface area contributed by atoms with E-state index >= 15 is 0 Å². The van der Waals surface area contributed by atoms with E-state index < -0.39 is 0 Å². The summed E-state index contributed by atoms with van der Waals surface area (Å²) in [4.78, 5) is 21.1. The van der Waals surface area contributed by atoms with Gasteiger partial charge in [-0.2, -0.15) is 4.89 Å². The molecule has 0 atom stereocenters. The summed E-state index contributed by atoms with van der Waals surface area (Å²) < 4.78 is 0. The lowest BCUT2D eigenvalue weighted by molar-refractivity contribution is -0.492. The lowest BCUT2D eigenvalue weighted by Gasteiger charge is -2.24. The molecule has 0 N–H and O–H groups in total. The first-order valence-electron chi connectivity index (χ1n) is 8.51. The molecule has 0 aliphatic carbocycles. The molecule has 0 aromatic rings. The van der Waals surface area contributed by atoms with Gasteiger partial charge in [0.2, 0.25) is 0 Å². The van der Waals surface area contributed by atoms with Crippen LogP contribution in [0.2, 0.25) is 0 Å². The summed E-state index contributed by atoms with van der Waals surface area (Å²) in [5.41, 5.74) is 0.369. The maximum absolute atomic E-state index is 11.5. The topological polar surface area (TPSA) is 44.8 Å². The second-order valence-corrected chi connectivity index (χ2v) is 8.67. The molecular formula is C18H36O4. The first-order chi connectivity index (χ1) is 10.0. The third kappa shape index (κ3) is 14.3. The molecule has 22 heavy (non-hydrogen) atoms. The molecule has 0 aliphatic heterocycles. The first-order valence-corrected chi connectivity index (χ1v) is 8.51. The molecular weight excluding hydrogens is 280 g/mol. The van der Waals surface area contributed by atoms with Crippen LogP contribution in [-0.2, 0) is 19.6 Å². The van der Waals surface area contributed by atoms with Gasteiger partial charge in [0, 0.05) is 6.42 Å². The Labute approximate surface area is 136 Å². The van der Waals surface area contributed by atoms with E-state index in [0.29, 0.717) is 24.4 Å². The number of hydrogen-bond acceptors (Lipinski definition) is 4. The van der Waals surface area contributed by atoms with Gasteiger partial charge in [-0.15, -0.1) is 0 Å². The summed E-state index contributed by atoms with van der Waals surface area (Å²) in [7, 11) is 0. The molecule has 0 aliphatic rings. The van der Waals surface area contributed by atoms with E-state index in [0.717, 1.165) is 25.7 Å². The smallest absolute Gasteiger partial charge is 0.269 e. The third-order valence-corrected chi connectivity index (χ3v) is 3.39. The quantitative estimate of drug-likeness (QED) is 0.288. The van der Waals surface area contributed by atoms with Crippen LogP contribution in [0, 0.1) is 16.7 Å². The van der Waals surface area contributed by atoms with Crippen molar-refractivity contribution >= 4 is 5.97 Å². The van der Waals surface area contributed by atoms with Crippen LogP contribution >= 0.6 is 0 Å². The summed E-state index contributed by atoms with van der Waals surface area (Å²) in [6, 6.07) is 0. The fourth-order valence-corrected chi connectivity index (χ4v) is 2.55. The minimum Gasteiger partial charge on any atom is -0.269 e. The lowest BCUT2D eigenvalue weighted by Crippen LogP contribution is -2.22.